The molecular weight excluding hydrogens is 332 g/mol. The Kier molecular flexibility index (Phi) is 3.74. The predicted molar refractivity (Wildman–Crippen MR) is 94.0 cm³/mol. The molecule has 4 aliphatic carbocycles. The second kappa shape index (κ2) is 5.46. The Morgan fingerprint density at radius 1 is 1.27 bits per heavy atom. The summed E-state index contributed by atoms with van der Waals surface area (Å²) < 4.78 is 0. The van der Waals surface area contributed by atoms with Gasteiger partial charge in [0.1, 0.15) is 18.0 Å². The molecule has 0 spiro atoms. The predicted octanol–water partition coefficient (Wildman–Crippen LogP) is 1.77. The van der Waals surface area contributed by atoms with Gasteiger partial charge in [-0.05, 0) is 49.7 Å². The number of aliphatic hydroxyl groups excluding tert-OH is 1. The zero-order valence-electron chi connectivity index (χ0n) is 15.3. The number of ketones is 3. The average Bonchev–Trinajstić information content (AvgIpc) is 2.86. The van der Waals surface area contributed by atoms with Crippen LogP contribution in [0.15, 0.2) is 23.8 Å². The Labute approximate surface area is 153 Å². The van der Waals surface area contributed by atoms with Crippen molar-refractivity contribution >= 4 is 17.3 Å². The van der Waals surface area contributed by atoms with Crippen LogP contribution in [0.1, 0.15) is 46.0 Å². The summed E-state index contributed by atoms with van der Waals surface area (Å²) >= 11 is 0. The summed E-state index contributed by atoms with van der Waals surface area (Å²) in [6, 6.07) is 0. The SMILES string of the molecule is C[C@]12C=CC(=O)C=C1CC[C@@H]1C2C(=O)C[C@@]2(C)[C@H]1CC[C@]2(O)C(=O)CO. The summed E-state index contributed by atoms with van der Waals surface area (Å²) in [5.74, 6) is -0.590. The van der Waals surface area contributed by atoms with Crippen LogP contribution in [-0.2, 0) is 14.4 Å². The molecule has 0 bridgehead atoms. The number of rotatable bonds is 2. The molecule has 0 heterocycles. The highest BCUT2D eigenvalue weighted by atomic mass is 16.3. The molecule has 6 atom stereocenters. The number of hydrogen-bond acceptors (Lipinski definition) is 5. The number of carbonyl (C=O) groups is 3. The average molecular weight is 358 g/mol. The third kappa shape index (κ3) is 2.01. The maximum absolute atomic E-state index is 13.3. The second-order valence-corrected chi connectivity index (χ2v) is 9.02. The number of fused-ring (bicyclic) bond motifs is 5. The van der Waals surface area contributed by atoms with Gasteiger partial charge in [0.15, 0.2) is 11.6 Å². The summed E-state index contributed by atoms with van der Waals surface area (Å²) in [7, 11) is 0. The maximum Gasteiger partial charge on any atom is 0.190 e. The van der Waals surface area contributed by atoms with Crippen molar-refractivity contribution in [3.63, 3.8) is 0 Å². The van der Waals surface area contributed by atoms with Crippen molar-refractivity contribution in [2.45, 2.75) is 51.6 Å². The third-order valence-electron chi connectivity index (χ3n) is 8.01. The number of allylic oxidation sites excluding steroid dienone is 4. The number of aliphatic hydroxyl groups is 2. The quantitative estimate of drug-likeness (QED) is 0.785. The number of Topliss-reactive ketones (excluding diaryl/α,β-unsaturated/α-hetero) is 2. The van der Waals surface area contributed by atoms with Crippen LogP contribution in [0.2, 0.25) is 0 Å². The lowest BCUT2D eigenvalue weighted by Crippen LogP contribution is -2.60. The van der Waals surface area contributed by atoms with E-state index < -0.39 is 28.8 Å². The fourth-order valence-corrected chi connectivity index (χ4v) is 6.62. The minimum absolute atomic E-state index is 0.0206. The van der Waals surface area contributed by atoms with Gasteiger partial charge in [-0.25, -0.2) is 0 Å². The molecule has 5 nitrogen and oxygen atoms in total. The van der Waals surface area contributed by atoms with E-state index in [1.54, 1.807) is 12.2 Å². The molecule has 0 amide bonds. The topological polar surface area (TPSA) is 91.7 Å². The van der Waals surface area contributed by atoms with Gasteiger partial charge in [-0.2, -0.15) is 0 Å². The van der Waals surface area contributed by atoms with Crippen LogP contribution < -0.4 is 0 Å². The molecular formula is C21H26O5. The molecule has 4 aliphatic rings. The van der Waals surface area contributed by atoms with Crippen molar-refractivity contribution in [1.29, 1.82) is 0 Å². The van der Waals surface area contributed by atoms with Crippen molar-refractivity contribution in [3.05, 3.63) is 23.8 Å². The molecule has 0 aromatic rings. The second-order valence-electron chi connectivity index (χ2n) is 9.02. The molecule has 1 unspecified atom stereocenters. The molecule has 4 rings (SSSR count). The first kappa shape index (κ1) is 17.8. The molecule has 5 heteroatoms. The minimum atomic E-state index is -1.62. The monoisotopic (exact) mass is 358 g/mol. The zero-order chi connectivity index (χ0) is 18.9. The Bertz CT molecular complexity index is 764. The lowest BCUT2D eigenvalue weighted by atomic mass is 9.46. The van der Waals surface area contributed by atoms with E-state index >= 15 is 0 Å². The molecule has 26 heavy (non-hydrogen) atoms. The summed E-state index contributed by atoms with van der Waals surface area (Å²) in [6.07, 6.45) is 7.82. The van der Waals surface area contributed by atoms with Crippen LogP contribution in [0.3, 0.4) is 0 Å². The molecule has 3 fully saturated rings. The van der Waals surface area contributed by atoms with Gasteiger partial charge in [-0.15, -0.1) is 0 Å². The van der Waals surface area contributed by atoms with Crippen molar-refractivity contribution in [3.8, 4) is 0 Å². The lowest BCUT2D eigenvalue weighted by Gasteiger charge is -2.56. The van der Waals surface area contributed by atoms with Gasteiger partial charge < -0.3 is 10.2 Å². The Hall–Kier alpha value is -1.59. The first-order valence-electron chi connectivity index (χ1n) is 9.51. The highest BCUT2D eigenvalue weighted by Crippen LogP contribution is 2.66. The van der Waals surface area contributed by atoms with Crippen LogP contribution in [0.5, 0.6) is 0 Å². The largest absolute Gasteiger partial charge is 0.388 e. The van der Waals surface area contributed by atoms with Gasteiger partial charge >= 0.3 is 0 Å². The number of carbonyl (C=O) groups excluding carboxylic acids is 3. The molecule has 2 N–H and O–H groups in total. The first-order chi connectivity index (χ1) is 12.2. The van der Waals surface area contributed by atoms with Gasteiger partial charge in [0, 0.05) is 23.2 Å². The van der Waals surface area contributed by atoms with E-state index in [2.05, 4.69) is 0 Å². The number of hydrogen-bond donors (Lipinski definition) is 2. The summed E-state index contributed by atoms with van der Waals surface area (Å²) in [4.78, 5) is 37.4. The molecule has 0 aromatic carbocycles. The van der Waals surface area contributed by atoms with Gasteiger partial charge in [-0.3, -0.25) is 14.4 Å². The van der Waals surface area contributed by atoms with Gasteiger partial charge in [0.25, 0.3) is 0 Å². The van der Waals surface area contributed by atoms with E-state index in [0.29, 0.717) is 12.8 Å². The minimum Gasteiger partial charge on any atom is -0.388 e. The normalized spacial score (nSPS) is 47.1. The van der Waals surface area contributed by atoms with Gasteiger partial charge in [0.05, 0.1) is 0 Å². The van der Waals surface area contributed by atoms with E-state index in [1.165, 1.54) is 0 Å². The Morgan fingerprint density at radius 3 is 2.69 bits per heavy atom. The van der Waals surface area contributed by atoms with E-state index in [4.69, 9.17) is 0 Å². The molecule has 140 valence electrons. The van der Waals surface area contributed by atoms with Crippen LogP contribution in [-0.4, -0.2) is 39.8 Å². The van der Waals surface area contributed by atoms with Gasteiger partial charge in [-0.1, -0.05) is 25.5 Å². The summed E-state index contributed by atoms with van der Waals surface area (Å²) in [5.41, 5.74) is -1.86. The van der Waals surface area contributed by atoms with E-state index in [-0.39, 0.29) is 35.7 Å². The summed E-state index contributed by atoms with van der Waals surface area (Å²) in [6.45, 7) is 3.19. The highest BCUT2D eigenvalue weighted by molar-refractivity contribution is 6.02. The van der Waals surface area contributed by atoms with E-state index in [0.717, 1.165) is 18.4 Å². The van der Waals surface area contributed by atoms with Gasteiger partial charge in [0.2, 0.25) is 0 Å². The van der Waals surface area contributed by atoms with Crippen molar-refractivity contribution in [1.82, 2.24) is 0 Å². The van der Waals surface area contributed by atoms with Crippen LogP contribution in [0, 0.1) is 28.6 Å². The van der Waals surface area contributed by atoms with E-state index in [1.807, 2.05) is 19.9 Å². The first-order valence-corrected chi connectivity index (χ1v) is 9.51. The van der Waals surface area contributed by atoms with Crippen LogP contribution in [0.25, 0.3) is 0 Å². The fourth-order valence-electron chi connectivity index (χ4n) is 6.62. The van der Waals surface area contributed by atoms with Crippen LogP contribution in [0.4, 0.5) is 0 Å². The molecule has 0 radical (unpaired) electrons. The molecule has 0 aromatic heterocycles. The molecule has 0 aliphatic heterocycles. The highest BCUT2D eigenvalue weighted by Gasteiger charge is 2.68. The molecule has 3 saturated carbocycles. The lowest BCUT2D eigenvalue weighted by molar-refractivity contribution is -0.168. The van der Waals surface area contributed by atoms with Crippen LogP contribution >= 0.6 is 0 Å². The smallest absolute Gasteiger partial charge is 0.190 e. The maximum atomic E-state index is 13.3. The molecule has 0 saturated heterocycles. The van der Waals surface area contributed by atoms with Crippen molar-refractivity contribution in [2.24, 2.45) is 28.6 Å². The zero-order valence-corrected chi connectivity index (χ0v) is 15.3. The van der Waals surface area contributed by atoms with Crippen molar-refractivity contribution in [2.75, 3.05) is 6.61 Å². The summed E-state index contributed by atoms with van der Waals surface area (Å²) in [5, 5.41) is 20.5. The fraction of sp³-hybridized carbons (Fsp3) is 0.667. The van der Waals surface area contributed by atoms with Crippen molar-refractivity contribution < 1.29 is 24.6 Å². The van der Waals surface area contributed by atoms with E-state index in [9.17, 15) is 24.6 Å². The third-order valence-corrected chi connectivity index (χ3v) is 8.01. The Morgan fingerprint density at radius 2 is 2.00 bits per heavy atom. The standard InChI is InChI=1S/C21H26O5/c1-19-7-5-13(23)9-12(19)3-4-14-15-6-8-21(26,17(25)11-22)20(15,2)10-16(24)18(14)19/h5,7,9,14-15,18,22,26H,3-4,6,8,10-11H2,1-2H3/t14-,15-,18?,19-,20-,21-/m0/s1. The Balaban J connectivity index is 1.76.